The van der Waals surface area contributed by atoms with Gasteiger partial charge in [-0.3, -0.25) is 12.2 Å². The molecule has 4 heteroatoms. The normalized spacial score (nSPS) is 19.8. The second kappa shape index (κ2) is 17.7. The minimum Gasteiger partial charge on any atom is -0.272 e. The zero-order chi connectivity index (χ0) is 16.3. The Labute approximate surface area is 196 Å². The Balaban J connectivity index is 0. The zero-order valence-corrected chi connectivity index (χ0v) is 21.8. The Morgan fingerprint density at radius 2 is 1.00 bits per heavy atom. The van der Waals surface area contributed by atoms with Crippen LogP contribution in [0.4, 0.5) is 0 Å². The van der Waals surface area contributed by atoms with E-state index in [9.17, 15) is 0 Å². The molecular weight excluding hydrogens is 454 g/mol. The molecule has 0 aromatic carbocycles. The summed E-state index contributed by atoms with van der Waals surface area (Å²) in [5.41, 5.74) is 6.57. The number of hydrogen-bond acceptors (Lipinski definition) is 0. The van der Waals surface area contributed by atoms with Crippen molar-refractivity contribution in [2.24, 2.45) is 0 Å². The number of rotatable bonds is 0. The van der Waals surface area contributed by atoms with E-state index in [0.29, 0.717) is 0 Å². The molecule has 0 aliphatic heterocycles. The third-order valence-electron chi connectivity index (χ3n) is 4.94. The van der Waals surface area contributed by atoms with E-state index in [-0.39, 0.29) is 51.0 Å². The summed E-state index contributed by atoms with van der Waals surface area (Å²) in [7, 11) is 0.750. The summed E-state index contributed by atoms with van der Waals surface area (Å²) in [6, 6.07) is 0. The van der Waals surface area contributed by atoms with Crippen LogP contribution in [0.5, 0.6) is 0 Å². The Bertz CT molecular complexity index is 448. The fraction of sp³-hybridized carbons (Fsp3) is 0.636. The maximum Gasteiger partial charge on any atom is 2.00 e. The van der Waals surface area contributed by atoms with Crippen molar-refractivity contribution < 1.29 is 26.2 Å². The molecule has 26 heavy (non-hydrogen) atoms. The monoisotopic (exact) mass is 487 g/mol. The van der Waals surface area contributed by atoms with E-state index in [2.05, 4.69) is 37.4 Å². The molecule has 0 bridgehead atoms. The molecule has 145 valence electrons. The predicted octanol–water partition coefficient (Wildman–Crippen LogP) is 7.38. The summed E-state index contributed by atoms with van der Waals surface area (Å²) < 4.78 is 0. The van der Waals surface area contributed by atoms with Gasteiger partial charge in [0.2, 0.25) is 0 Å². The third-order valence-corrected chi connectivity index (χ3v) is 4.94. The van der Waals surface area contributed by atoms with Crippen LogP contribution in [0.15, 0.2) is 34.4 Å². The maximum absolute atomic E-state index is 3.29. The zero-order valence-electron chi connectivity index (χ0n) is 16.5. The van der Waals surface area contributed by atoms with Crippen LogP contribution in [-0.4, -0.2) is 9.52 Å². The molecule has 1 radical (unpaired) electrons. The minimum absolute atomic E-state index is 0. The summed E-state index contributed by atoms with van der Waals surface area (Å²) >= 11 is 0. The molecule has 0 saturated heterocycles. The van der Waals surface area contributed by atoms with Crippen LogP contribution < -0.4 is 0 Å². The molecule has 0 saturated carbocycles. The summed E-state index contributed by atoms with van der Waals surface area (Å²) in [4.78, 5) is 0. The third kappa shape index (κ3) is 10.3. The molecule has 0 unspecified atom stereocenters. The maximum atomic E-state index is 3.29. The van der Waals surface area contributed by atoms with Crippen molar-refractivity contribution in [3.63, 3.8) is 0 Å². The second-order valence-corrected chi connectivity index (χ2v) is 8.16. The van der Waals surface area contributed by atoms with E-state index in [1.807, 2.05) is 0 Å². The smallest absolute Gasteiger partial charge is 0.272 e. The summed E-state index contributed by atoms with van der Waals surface area (Å²) in [5, 5.41) is 0. The van der Waals surface area contributed by atoms with Crippen molar-refractivity contribution in [1.29, 1.82) is 0 Å². The van der Waals surface area contributed by atoms with Crippen molar-refractivity contribution in [3.8, 4) is 0 Å². The molecule has 0 amide bonds. The van der Waals surface area contributed by atoms with E-state index in [1.54, 1.807) is 22.3 Å². The minimum atomic E-state index is 0. The molecule has 0 aromatic rings. The summed E-state index contributed by atoms with van der Waals surface area (Å²) in [6.45, 7) is 4.42. The standard InChI is InChI=1S/2C10H13.C2H7Si.2ClH.Zr/c2*1-2-5-9-7-4-8-10(9)6-3-1;1-3-2;;;/h2*7H,1-3,5-6,8H2;3H,1-2H3;2*1H;/q2*-1;;;;+2. The topological polar surface area (TPSA) is 0 Å². The van der Waals surface area contributed by atoms with Gasteiger partial charge in [-0.15, -0.1) is 37.7 Å². The van der Waals surface area contributed by atoms with Crippen molar-refractivity contribution >= 4 is 34.3 Å². The van der Waals surface area contributed by atoms with Crippen LogP contribution in [0.1, 0.15) is 77.0 Å². The number of hydrogen-bond donors (Lipinski definition) is 0. The van der Waals surface area contributed by atoms with Crippen LogP contribution >= 0.6 is 24.8 Å². The van der Waals surface area contributed by atoms with Crippen LogP contribution in [0.3, 0.4) is 0 Å². The molecule has 4 rings (SSSR count). The van der Waals surface area contributed by atoms with E-state index in [0.717, 1.165) is 22.4 Å². The van der Waals surface area contributed by atoms with Gasteiger partial charge in [0.05, 0.1) is 0 Å². The van der Waals surface area contributed by atoms with Gasteiger partial charge in [0.15, 0.2) is 0 Å². The van der Waals surface area contributed by atoms with E-state index in [4.69, 9.17) is 0 Å². The Morgan fingerprint density at radius 1 is 0.654 bits per heavy atom. The van der Waals surface area contributed by atoms with Gasteiger partial charge in [0, 0.05) is 9.52 Å². The van der Waals surface area contributed by atoms with Gasteiger partial charge in [-0.2, -0.15) is 22.3 Å². The van der Waals surface area contributed by atoms with Gasteiger partial charge in [-0.25, -0.2) is 12.2 Å². The molecule has 4 aliphatic rings. The second-order valence-electron chi connectivity index (χ2n) is 7.01. The first-order valence-electron chi connectivity index (χ1n) is 9.64. The van der Waals surface area contributed by atoms with Crippen molar-refractivity contribution in [3.05, 3.63) is 46.6 Å². The van der Waals surface area contributed by atoms with Crippen molar-refractivity contribution in [2.45, 2.75) is 90.1 Å². The predicted molar refractivity (Wildman–Crippen MR) is 118 cm³/mol. The molecule has 4 aliphatic carbocycles. The van der Waals surface area contributed by atoms with Gasteiger partial charge in [0.1, 0.15) is 0 Å². The first-order chi connectivity index (χ1) is 11.3. The van der Waals surface area contributed by atoms with Crippen molar-refractivity contribution in [1.82, 2.24) is 0 Å². The molecular formula is C22H35Cl2SiZr. The van der Waals surface area contributed by atoms with E-state index < -0.39 is 0 Å². The fourth-order valence-corrected chi connectivity index (χ4v) is 3.68. The Hall–Kier alpha value is 0.640. The molecule has 0 fully saturated rings. The summed E-state index contributed by atoms with van der Waals surface area (Å²) in [5.74, 6) is 0. The SMILES string of the molecule is C[SiH]C.Cl.Cl.[C-]1=CC2=C(C1)CCCCC2.[C-]1=CC2=C(C1)CCCCC2.[Zr+2]. The van der Waals surface area contributed by atoms with Crippen molar-refractivity contribution in [2.75, 3.05) is 0 Å². The fourth-order valence-electron chi connectivity index (χ4n) is 3.68. The van der Waals surface area contributed by atoms with Gasteiger partial charge < -0.3 is 0 Å². The van der Waals surface area contributed by atoms with Crippen LogP contribution in [0.25, 0.3) is 0 Å². The van der Waals surface area contributed by atoms with Gasteiger partial charge in [0.25, 0.3) is 0 Å². The summed E-state index contributed by atoms with van der Waals surface area (Å²) in [6.07, 6.45) is 27.1. The quantitative estimate of drug-likeness (QED) is 0.246. The number of allylic oxidation sites excluding steroid dienone is 8. The Kier molecular flexibility index (Phi) is 19.7. The average Bonchev–Trinajstić information content (AvgIpc) is 3.06. The Morgan fingerprint density at radius 3 is 1.38 bits per heavy atom. The molecule has 0 spiro atoms. The largest absolute Gasteiger partial charge is 2.00 e. The first-order valence-corrected chi connectivity index (χ1v) is 11.9. The van der Waals surface area contributed by atoms with Crippen LogP contribution in [-0.2, 0) is 26.2 Å². The van der Waals surface area contributed by atoms with E-state index in [1.165, 1.54) is 64.2 Å². The number of halogens is 2. The van der Waals surface area contributed by atoms with Gasteiger partial charge in [-0.1, -0.05) is 64.5 Å². The molecule has 0 heterocycles. The van der Waals surface area contributed by atoms with Gasteiger partial charge >= 0.3 is 26.2 Å². The van der Waals surface area contributed by atoms with Crippen LogP contribution in [0, 0.1) is 12.2 Å². The first kappa shape index (κ1) is 28.8. The molecule has 0 N–H and O–H groups in total. The molecule has 0 atom stereocenters. The molecule has 0 aromatic heterocycles. The van der Waals surface area contributed by atoms with Gasteiger partial charge in [-0.05, 0) is 12.8 Å². The van der Waals surface area contributed by atoms with Crippen LogP contribution in [0.2, 0.25) is 13.1 Å². The van der Waals surface area contributed by atoms with E-state index >= 15 is 0 Å². The average molecular weight is 490 g/mol. The molecule has 0 nitrogen and oxygen atoms in total.